The number of benzene rings is 9. The van der Waals surface area contributed by atoms with Crippen molar-refractivity contribution in [3.05, 3.63) is 231 Å². The zero-order chi connectivity index (χ0) is 37.3. The molecule has 0 aliphatic carbocycles. The molecule has 10 rings (SSSR count). The van der Waals surface area contributed by atoms with Gasteiger partial charge in [-0.25, -0.2) is 0 Å². The Morgan fingerprint density at radius 3 is 1.48 bits per heavy atom. The molecular weight excluding hydrogens is 677 g/mol. The molecule has 9 aromatic carbocycles. The van der Waals surface area contributed by atoms with E-state index in [1.165, 1.54) is 55.2 Å². The van der Waals surface area contributed by atoms with Gasteiger partial charge in [-0.1, -0.05) is 188 Å². The van der Waals surface area contributed by atoms with Crippen LogP contribution >= 0.6 is 0 Å². The quantitative estimate of drug-likeness (QED) is 0.152. The Balaban J connectivity index is 1.26. The van der Waals surface area contributed by atoms with Crippen molar-refractivity contribution in [2.45, 2.75) is 0 Å². The van der Waals surface area contributed by atoms with Gasteiger partial charge in [0, 0.05) is 27.6 Å². The van der Waals surface area contributed by atoms with Gasteiger partial charge in [-0.15, -0.1) is 0 Å². The average Bonchev–Trinajstić information content (AvgIpc) is 3.62. The van der Waals surface area contributed by atoms with E-state index in [4.69, 9.17) is 0 Å². The largest absolute Gasteiger partial charge is 0.309 e. The average molecular weight is 715 g/mol. The highest BCUT2D eigenvalue weighted by molar-refractivity contribution is 6.17. The Labute approximate surface area is 327 Å². The summed E-state index contributed by atoms with van der Waals surface area (Å²) in [6, 6.07) is 83.1. The number of hydrogen-bond donors (Lipinski definition) is 0. The van der Waals surface area contributed by atoms with Gasteiger partial charge in [0.25, 0.3) is 0 Å². The van der Waals surface area contributed by atoms with Crippen molar-refractivity contribution in [2.24, 2.45) is 0 Å². The topological polar surface area (TPSA) is 8.17 Å². The van der Waals surface area contributed by atoms with Gasteiger partial charge in [0.2, 0.25) is 0 Å². The predicted molar refractivity (Wildman–Crippen MR) is 237 cm³/mol. The number of nitrogens with zero attached hydrogens (tertiary/aromatic N) is 2. The lowest BCUT2D eigenvalue weighted by Gasteiger charge is -2.29. The number of para-hydroxylation sites is 3. The van der Waals surface area contributed by atoms with Gasteiger partial charge in [0.1, 0.15) is 0 Å². The molecule has 0 aliphatic rings. The highest BCUT2D eigenvalue weighted by atomic mass is 15.2. The van der Waals surface area contributed by atoms with E-state index in [0.29, 0.717) is 0 Å². The molecule has 0 unspecified atom stereocenters. The highest BCUT2D eigenvalue weighted by Gasteiger charge is 2.24. The minimum Gasteiger partial charge on any atom is -0.309 e. The van der Waals surface area contributed by atoms with Crippen molar-refractivity contribution in [2.75, 3.05) is 4.90 Å². The zero-order valence-electron chi connectivity index (χ0n) is 30.8. The van der Waals surface area contributed by atoms with Crippen molar-refractivity contribution >= 4 is 38.9 Å². The van der Waals surface area contributed by atoms with Gasteiger partial charge in [-0.2, -0.15) is 0 Å². The van der Waals surface area contributed by atoms with E-state index in [0.717, 1.165) is 33.8 Å². The molecule has 0 fully saturated rings. The second-order valence-corrected chi connectivity index (χ2v) is 14.1. The Bertz CT molecular complexity index is 2960. The maximum Gasteiger partial charge on any atom is 0.0562 e. The molecule has 0 saturated heterocycles. The van der Waals surface area contributed by atoms with E-state index in [9.17, 15) is 0 Å². The van der Waals surface area contributed by atoms with Crippen LogP contribution in [0.15, 0.2) is 231 Å². The Kier molecular flexibility index (Phi) is 8.55. The molecule has 0 amide bonds. The van der Waals surface area contributed by atoms with Gasteiger partial charge in [0.05, 0.1) is 28.1 Å². The molecule has 0 saturated carbocycles. The predicted octanol–water partition coefficient (Wildman–Crippen LogP) is 14.9. The van der Waals surface area contributed by atoms with Crippen LogP contribution in [0.1, 0.15) is 0 Å². The van der Waals surface area contributed by atoms with Gasteiger partial charge in [-0.05, 0) is 75.8 Å². The highest BCUT2D eigenvalue weighted by Crippen LogP contribution is 2.48. The fourth-order valence-electron chi connectivity index (χ4n) is 8.33. The normalized spacial score (nSPS) is 11.2. The maximum atomic E-state index is 2.47. The molecule has 2 nitrogen and oxygen atoms in total. The summed E-state index contributed by atoms with van der Waals surface area (Å²) in [5.41, 5.74) is 16.3. The fourth-order valence-corrected chi connectivity index (χ4v) is 8.33. The first kappa shape index (κ1) is 33.2. The fraction of sp³-hybridized carbons (Fsp3) is 0. The van der Waals surface area contributed by atoms with Crippen molar-refractivity contribution < 1.29 is 0 Å². The molecule has 0 radical (unpaired) electrons. The molecule has 0 aliphatic heterocycles. The van der Waals surface area contributed by atoms with E-state index in [2.05, 4.69) is 240 Å². The van der Waals surface area contributed by atoms with Gasteiger partial charge in [-0.3, -0.25) is 0 Å². The summed E-state index contributed by atoms with van der Waals surface area (Å²) in [4.78, 5) is 2.47. The van der Waals surface area contributed by atoms with E-state index in [1.807, 2.05) is 0 Å². The van der Waals surface area contributed by atoms with Crippen molar-refractivity contribution in [3.63, 3.8) is 0 Å². The summed E-state index contributed by atoms with van der Waals surface area (Å²) in [6.07, 6.45) is 0. The van der Waals surface area contributed by atoms with Gasteiger partial charge in [0.15, 0.2) is 0 Å². The summed E-state index contributed by atoms with van der Waals surface area (Å²) < 4.78 is 2.45. The molecule has 0 N–H and O–H groups in total. The molecule has 0 bridgehead atoms. The molecule has 0 atom stereocenters. The summed E-state index contributed by atoms with van der Waals surface area (Å²) in [5, 5.41) is 2.40. The molecular formula is C54H38N2. The molecule has 2 heteroatoms. The van der Waals surface area contributed by atoms with Crippen LogP contribution in [0, 0.1) is 0 Å². The van der Waals surface area contributed by atoms with E-state index < -0.39 is 0 Å². The van der Waals surface area contributed by atoms with Crippen LogP contribution in [0.2, 0.25) is 0 Å². The van der Waals surface area contributed by atoms with Crippen LogP contribution in [0.3, 0.4) is 0 Å². The Hall–Kier alpha value is -7.42. The van der Waals surface area contributed by atoms with Crippen molar-refractivity contribution in [1.82, 2.24) is 4.57 Å². The summed E-state index contributed by atoms with van der Waals surface area (Å²) in [5.74, 6) is 0. The number of anilines is 3. The van der Waals surface area contributed by atoms with Crippen molar-refractivity contribution in [3.8, 4) is 50.2 Å². The lowest BCUT2D eigenvalue weighted by Crippen LogP contribution is -2.12. The van der Waals surface area contributed by atoms with Gasteiger partial charge >= 0.3 is 0 Å². The monoisotopic (exact) mass is 714 g/mol. The smallest absolute Gasteiger partial charge is 0.0562 e. The second kappa shape index (κ2) is 14.4. The van der Waals surface area contributed by atoms with Crippen LogP contribution in [0.4, 0.5) is 17.1 Å². The molecule has 264 valence electrons. The lowest BCUT2D eigenvalue weighted by atomic mass is 9.94. The van der Waals surface area contributed by atoms with E-state index in [1.54, 1.807) is 0 Å². The van der Waals surface area contributed by atoms with Crippen LogP contribution < -0.4 is 4.90 Å². The third kappa shape index (κ3) is 5.85. The van der Waals surface area contributed by atoms with E-state index in [-0.39, 0.29) is 0 Å². The minimum absolute atomic E-state index is 1.09. The second-order valence-electron chi connectivity index (χ2n) is 14.1. The SMILES string of the molecule is c1ccc(-c2ccccc2-c2cccc(N(c3ccccc3-c3ccccc3)c3cccc4c3c3ccccc3n4-c3ccccc3-c3ccccc3)c2)cc1. The molecule has 1 heterocycles. The number of hydrogen-bond acceptors (Lipinski definition) is 1. The molecule has 56 heavy (non-hydrogen) atoms. The molecule has 0 spiro atoms. The first-order valence-corrected chi connectivity index (χ1v) is 19.2. The number of rotatable bonds is 8. The Morgan fingerprint density at radius 2 is 0.768 bits per heavy atom. The zero-order valence-corrected chi connectivity index (χ0v) is 30.8. The van der Waals surface area contributed by atoms with Crippen LogP contribution in [0.5, 0.6) is 0 Å². The maximum absolute atomic E-state index is 2.47. The van der Waals surface area contributed by atoms with Crippen LogP contribution in [0.25, 0.3) is 72.0 Å². The molecule has 1 aromatic heterocycles. The van der Waals surface area contributed by atoms with Crippen LogP contribution in [-0.2, 0) is 0 Å². The Morgan fingerprint density at radius 1 is 0.304 bits per heavy atom. The lowest BCUT2D eigenvalue weighted by molar-refractivity contribution is 1.18. The summed E-state index contributed by atoms with van der Waals surface area (Å²) in [6.45, 7) is 0. The molecule has 10 aromatic rings. The first-order valence-electron chi connectivity index (χ1n) is 19.2. The van der Waals surface area contributed by atoms with Crippen molar-refractivity contribution in [1.29, 1.82) is 0 Å². The summed E-state index contributed by atoms with van der Waals surface area (Å²) in [7, 11) is 0. The first-order chi connectivity index (χ1) is 27.8. The summed E-state index contributed by atoms with van der Waals surface area (Å²) >= 11 is 0. The number of fused-ring (bicyclic) bond motifs is 3. The van der Waals surface area contributed by atoms with E-state index >= 15 is 0 Å². The third-order valence-electron chi connectivity index (χ3n) is 10.8. The van der Waals surface area contributed by atoms with Crippen LogP contribution in [-0.4, -0.2) is 4.57 Å². The minimum atomic E-state index is 1.09. The van der Waals surface area contributed by atoms with Gasteiger partial charge < -0.3 is 9.47 Å². The number of aromatic nitrogens is 1. The standard InChI is InChI=1S/C54H38N2/c1-4-20-39(21-5-1)44-28-10-11-29-45(44)42-26-18-27-43(38-42)55(49-33-15-12-30-46(49)40-22-6-2-7-23-40)52-36-19-37-53-54(52)48-32-14-17-35-51(48)56(53)50-34-16-13-31-47(50)41-24-8-3-9-25-41/h1-38H. The third-order valence-corrected chi connectivity index (χ3v) is 10.8.